The van der Waals surface area contributed by atoms with Gasteiger partial charge in [0.15, 0.2) is 0 Å². The summed E-state index contributed by atoms with van der Waals surface area (Å²) in [5.74, 6) is 0.916. The molecule has 1 fully saturated rings. The van der Waals surface area contributed by atoms with E-state index in [0.717, 1.165) is 6.42 Å². The SMILES string of the molecule is Cc1cc(O)cc(C)c1CC(C)C1OC1C. The zero-order valence-corrected chi connectivity index (χ0v) is 10.4. The summed E-state index contributed by atoms with van der Waals surface area (Å²) in [5.41, 5.74) is 3.71. The van der Waals surface area contributed by atoms with Crippen molar-refractivity contribution in [1.29, 1.82) is 0 Å². The molecule has 0 aliphatic carbocycles. The molecule has 1 N–H and O–H groups in total. The van der Waals surface area contributed by atoms with Gasteiger partial charge in [-0.2, -0.15) is 0 Å². The summed E-state index contributed by atoms with van der Waals surface area (Å²) in [6, 6.07) is 3.68. The Hall–Kier alpha value is -1.02. The van der Waals surface area contributed by atoms with E-state index in [2.05, 4.69) is 27.7 Å². The van der Waals surface area contributed by atoms with Crippen molar-refractivity contribution in [3.8, 4) is 5.75 Å². The first kappa shape index (κ1) is 11.5. The largest absolute Gasteiger partial charge is 0.508 e. The number of benzene rings is 1. The monoisotopic (exact) mass is 220 g/mol. The van der Waals surface area contributed by atoms with Crippen molar-refractivity contribution < 1.29 is 9.84 Å². The molecule has 88 valence electrons. The second-order valence-corrected chi connectivity index (χ2v) is 5.05. The first-order chi connectivity index (χ1) is 7.49. The number of aromatic hydroxyl groups is 1. The average molecular weight is 220 g/mol. The predicted molar refractivity (Wildman–Crippen MR) is 64.8 cm³/mol. The maximum Gasteiger partial charge on any atom is 0.116 e. The van der Waals surface area contributed by atoms with E-state index in [1.165, 1.54) is 16.7 Å². The number of aryl methyl sites for hydroxylation is 2. The fraction of sp³-hybridized carbons (Fsp3) is 0.571. The first-order valence-electron chi connectivity index (χ1n) is 5.93. The molecule has 1 saturated heterocycles. The maximum absolute atomic E-state index is 9.49. The summed E-state index contributed by atoms with van der Waals surface area (Å²) >= 11 is 0. The Kier molecular flexibility index (Phi) is 2.94. The molecule has 2 rings (SSSR count). The molecule has 1 aliphatic heterocycles. The molecule has 0 spiro atoms. The van der Waals surface area contributed by atoms with Crippen molar-refractivity contribution in [2.75, 3.05) is 0 Å². The van der Waals surface area contributed by atoms with Crippen LogP contribution in [0.3, 0.4) is 0 Å². The minimum atomic E-state index is 0.363. The lowest BCUT2D eigenvalue weighted by atomic mass is 9.91. The van der Waals surface area contributed by atoms with Gasteiger partial charge < -0.3 is 9.84 Å². The Bertz CT molecular complexity index is 375. The molecule has 0 aromatic heterocycles. The Morgan fingerprint density at radius 1 is 1.31 bits per heavy atom. The zero-order valence-electron chi connectivity index (χ0n) is 10.4. The molecule has 0 amide bonds. The summed E-state index contributed by atoms with van der Waals surface area (Å²) in [4.78, 5) is 0. The van der Waals surface area contributed by atoms with Gasteiger partial charge in [0.25, 0.3) is 0 Å². The predicted octanol–water partition coefficient (Wildman–Crippen LogP) is 2.97. The zero-order chi connectivity index (χ0) is 11.9. The van der Waals surface area contributed by atoms with E-state index >= 15 is 0 Å². The van der Waals surface area contributed by atoms with Gasteiger partial charge in [-0.25, -0.2) is 0 Å². The Balaban J connectivity index is 2.14. The van der Waals surface area contributed by atoms with Crippen LogP contribution >= 0.6 is 0 Å². The van der Waals surface area contributed by atoms with Gasteiger partial charge in [0.2, 0.25) is 0 Å². The molecule has 2 nitrogen and oxygen atoms in total. The van der Waals surface area contributed by atoms with Gasteiger partial charge in [-0.1, -0.05) is 6.92 Å². The second-order valence-electron chi connectivity index (χ2n) is 5.05. The van der Waals surface area contributed by atoms with E-state index < -0.39 is 0 Å². The number of hydrogen-bond acceptors (Lipinski definition) is 2. The normalized spacial score (nSPS) is 25.5. The number of epoxide rings is 1. The van der Waals surface area contributed by atoms with Crippen molar-refractivity contribution in [2.45, 2.75) is 46.3 Å². The standard InChI is InChI=1S/C14H20O2/c1-8-5-12(15)6-9(2)13(8)7-10(3)14-11(4)16-14/h5-6,10-11,14-15H,7H2,1-4H3. The van der Waals surface area contributed by atoms with Gasteiger partial charge in [0.1, 0.15) is 5.75 Å². The molecule has 3 unspecified atom stereocenters. The fourth-order valence-electron chi connectivity index (χ4n) is 2.53. The van der Waals surface area contributed by atoms with Crippen molar-refractivity contribution in [3.63, 3.8) is 0 Å². The van der Waals surface area contributed by atoms with Crippen LogP contribution in [0.5, 0.6) is 5.75 Å². The van der Waals surface area contributed by atoms with E-state index in [1.807, 2.05) is 12.1 Å². The lowest BCUT2D eigenvalue weighted by Crippen LogP contribution is -2.11. The van der Waals surface area contributed by atoms with Crippen LogP contribution in [0, 0.1) is 19.8 Å². The van der Waals surface area contributed by atoms with E-state index in [4.69, 9.17) is 4.74 Å². The van der Waals surface area contributed by atoms with Gasteiger partial charge in [-0.15, -0.1) is 0 Å². The Labute approximate surface area is 97.3 Å². The molecule has 0 radical (unpaired) electrons. The van der Waals surface area contributed by atoms with Crippen LogP contribution in [0.2, 0.25) is 0 Å². The van der Waals surface area contributed by atoms with Crippen LogP contribution < -0.4 is 0 Å². The summed E-state index contributed by atoms with van der Waals surface area (Å²) in [6.07, 6.45) is 1.88. The highest BCUT2D eigenvalue weighted by molar-refractivity contribution is 5.40. The lowest BCUT2D eigenvalue weighted by molar-refractivity contribution is 0.327. The summed E-state index contributed by atoms with van der Waals surface area (Å²) < 4.78 is 5.50. The van der Waals surface area contributed by atoms with Gasteiger partial charge >= 0.3 is 0 Å². The van der Waals surface area contributed by atoms with Crippen LogP contribution in [0.1, 0.15) is 30.5 Å². The van der Waals surface area contributed by atoms with E-state index in [1.54, 1.807) is 0 Å². The van der Waals surface area contributed by atoms with Crippen LogP contribution in [-0.4, -0.2) is 17.3 Å². The van der Waals surface area contributed by atoms with Crippen LogP contribution in [0.15, 0.2) is 12.1 Å². The molecule has 0 bridgehead atoms. The summed E-state index contributed by atoms with van der Waals surface area (Å²) in [5, 5.41) is 9.49. The van der Waals surface area contributed by atoms with Gasteiger partial charge in [-0.05, 0) is 61.9 Å². The highest BCUT2D eigenvalue weighted by Gasteiger charge is 2.38. The number of phenolic OH excluding ortho intramolecular Hbond substituents is 1. The molecule has 2 heteroatoms. The highest BCUT2D eigenvalue weighted by atomic mass is 16.6. The quantitative estimate of drug-likeness (QED) is 0.794. The lowest BCUT2D eigenvalue weighted by Gasteiger charge is -2.14. The van der Waals surface area contributed by atoms with Gasteiger partial charge in [-0.3, -0.25) is 0 Å². The van der Waals surface area contributed by atoms with Gasteiger partial charge in [0, 0.05) is 0 Å². The number of phenols is 1. The van der Waals surface area contributed by atoms with Crippen molar-refractivity contribution in [1.82, 2.24) is 0 Å². The Morgan fingerprint density at radius 2 is 1.81 bits per heavy atom. The first-order valence-corrected chi connectivity index (χ1v) is 5.93. The van der Waals surface area contributed by atoms with E-state index in [-0.39, 0.29) is 0 Å². The van der Waals surface area contributed by atoms with Crippen LogP contribution in [0.4, 0.5) is 0 Å². The molecule has 16 heavy (non-hydrogen) atoms. The fourth-order valence-corrected chi connectivity index (χ4v) is 2.53. The topological polar surface area (TPSA) is 32.8 Å². The van der Waals surface area contributed by atoms with Gasteiger partial charge in [0.05, 0.1) is 12.2 Å². The van der Waals surface area contributed by atoms with Crippen molar-refractivity contribution >= 4 is 0 Å². The molecule has 1 aliphatic rings. The number of ether oxygens (including phenoxy) is 1. The highest BCUT2D eigenvalue weighted by Crippen LogP contribution is 2.32. The third kappa shape index (κ3) is 2.22. The molecule has 1 aromatic rings. The third-order valence-corrected chi connectivity index (χ3v) is 3.53. The summed E-state index contributed by atoms with van der Waals surface area (Å²) in [7, 11) is 0. The average Bonchev–Trinajstić information content (AvgIpc) is 2.88. The van der Waals surface area contributed by atoms with E-state index in [9.17, 15) is 5.11 Å². The number of rotatable bonds is 3. The summed E-state index contributed by atoms with van der Waals surface area (Å²) in [6.45, 7) is 8.48. The minimum absolute atomic E-state index is 0.363. The van der Waals surface area contributed by atoms with Crippen molar-refractivity contribution in [2.24, 2.45) is 5.92 Å². The third-order valence-electron chi connectivity index (χ3n) is 3.53. The molecule has 1 heterocycles. The molecule has 1 aromatic carbocycles. The van der Waals surface area contributed by atoms with Crippen LogP contribution in [-0.2, 0) is 11.2 Å². The Morgan fingerprint density at radius 3 is 2.25 bits per heavy atom. The molecule has 0 saturated carbocycles. The second kappa shape index (κ2) is 4.10. The molecular formula is C14H20O2. The number of hydrogen-bond donors (Lipinski definition) is 1. The van der Waals surface area contributed by atoms with Crippen molar-refractivity contribution in [3.05, 3.63) is 28.8 Å². The maximum atomic E-state index is 9.49. The minimum Gasteiger partial charge on any atom is -0.508 e. The smallest absolute Gasteiger partial charge is 0.116 e. The molecular weight excluding hydrogens is 200 g/mol. The molecule has 3 atom stereocenters. The van der Waals surface area contributed by atoms with E-state index in [0.29, 0.717) is 23.9 Å². The van der Waals surface area contributed by atoms with Crippen LogP contribution in [0.25, 0.3) is 0 Å².